The van der Waals surface area contributed by atoms with Crippen molar-refractivity contribution in [3.8, 4) is 0 Å². The molecule has 2 aliphatic heterocycles. The van der Waals surface area contributed by atoms with Crippen molar-refractivity contribution in [2.75, 3.05) is 25.5 Å². The van der Waals surface area contributed by atoms with Crippen LogP contribution in [0.3, 0.4) is 0 Å². The largest absolute Gasteiger partial charge is 0.381 e. The molecule has 0 bridgehead atoms. The van der Waals surface area contributed by atoms with Crippen LogP contribution in [0.2, 0.25) is 0 Å². The van der Waals surface area contributed by atoms with Gasteiger partial charge in [0.05, 0.1) is 6.61 Å². The van der Waals surface area contributed by atoms with E-state index in [2.05, 4.69) is 41.7 Å². The molecule has 142 valence electrons. The van der Waals surface area contributed by atoms with Gasteiger partial charge in [-0.1, -0.05) is 42.5 Å². The van der Waals surface area contributed by atoms with Gasteiger partial charge in [-0.15, -0.1) is 0 Å². The first-order chi connectivity index (χ1) is 13.2. The van der Waals surface area contributed by atoms with Crippen LogP contribution in [0.1, 0.15) is 18.4 Å². The molecule has 0 aromatic heterocycles. The molecule has 1 N–H and O–H groups in total. The predicted octanol–water partition coefficient (Wildman–Crippen LogP) is 3.42. The first-order valence-corrected chi connectivity index (χ1v) is 10.6. The molecule has 0 radical (unpaired) electrons. The van der Waals surface area contributed by atoms with E-state index < -0.39 is 6.04 Å². The molecule has 0 spiro atoms. The minimum absolute atomic E-state index is 0.0961. The molecule has 0 saturated carbocycles. The fourth-order valence-electron chi connectivity index (χ4n) is 3.86. The van der Waals surface area contributed by atoms with Crippen LogP contribution in [0.4, 0.5) is 4.79 Å². The Kier molecular flexibility index (Phi) is 5.64. The maximum absolute atomic E-state index is 12.6. The summed E-state index contributed by atoms with van der Waals surface area (Å²) in [6, 6.07) is 14.0. The summed E-state index contributed by atoms with van der Waals surface area (Å²) in [5.41, 5.74) is 1.28. The molecule has 2 fully saturated rings. The summed E-state index contributed by atoms with van der Waals surface area (Å²) in [6.07, 6.45) is 1.88. The minimum Gasteiger partial charge on any atom is -0.381 e. The smallest absolute Gasteiger partial charge is 0.324 e. The van der Waals surface area contributed by atoms with E-state index in [1.807, 2.05) is 6.07 Å². The maximum atomic E-state index is 12.6. The highest BCUT2D eigenvalue weighted by atomic mass is 32.2. The lowest BCUT2D eigenvalue weighted by Gasteiger charge is -2.25. The fourth-order valence-corrected chi connectivity index (χ4v) is 4.78. The molecular weight excluding hydrogens is 360 g/mol. The number of hydrogen-bond acceptors (Lipinski definition) is 4. The van der Waals surface area contributed by atoms with Crippen molar-refractivity contribution < 1.29 is 14.3 Å². The molecule has 2 heterocycles. The molecular formula is C21H24N2O3S. The third-order valence-corrected chi connectivity index (χ3v) is 6.31. The van der Waals surface area contributed by atoms with Crippen LogP contribution < -0.4 is 5.32 Å². The molecule has 2 aromatic carbocycles. The van der Waals surface area contributed by atoms with Crippen molar-refractivity contribution in [1.82, 2.24) is 10.2 Å². The van der Waals surface area contributed by atoms with E-state index in [0.717, 1.165) is 31.0 Å². The fraction of sp³-hybridized carbons (Fsp3) is 0.429. The number of thioether (sulfide) groups is 1. The molecule has 2 aromatic rings. The van der Waals surface area contributed by atoms with Gasteiger partial charge in [0, 0.05) is 30.6 Å². The summed E-state index contributed by atoms with van der Waals surface area (Å²) >= 11 is 1.75. The standard InChI is InChI=1S/C21H24N2O3S/c24-20-19(16-8-4-11-26-13-16)22-21(25)23(20)10-12-27-14-17-7-3-6-15-5-1-2-9-18(15)17/h1-3,5-7,9,16,19H,4,8,10-14H2,(H,22,25). The van der Waals surface area contributed by atoms with Gasteiger partial charge in [-0.2, -0.15) is 11.8 Å². The topological polar surface area (TPSA) is 58.6 Å². The Bertz CT molecular complexity index is 830. The third kappa shape index (κ3) is 3.96. The molecule has 0 aliphatic carbocycles. The van der Waals surface area contributed by atoms with Gasteiger partial charge in [0.15, 0.2) is 0 Å². The number of fused-ring (bicyclic) bond motifs is 1. The van der Waals surface area contributed by atoms with Gasteiger partial charge in [0.2, 0.25) is 0 Å². The molecule has 2 unspecified atom stereocenters. The van der Waals surface area contributed by atoms with E-state index in [1.165, 1.54) is 21.2 Å². The monoisotopic (exact) mass is 384 g/mol. The van der Waals surface area contributed by atoms with Crippen LogP contribution in [0.15, 0.2) is 42.5 Å². The molecule has 2 aliphatic rings. The maximum Gasteiger partial charge on any atom is 0.324 e. The summed E-state index contributed by atoms with van der Waals surface area (Å²) in [5.74, 6) is 1.60. The van der Waals surface area contributed by atoms with Crippen LogP contribution in [-0.2, 0) is 15.3 Å². The Morgan fingerprint density at radius 2 is 2.00 bits per heavy atom. The number of carbonyl (C=O) groups is 2. The Hall–Kier alpha value is -2.05. The second-order valence-electron chi connectivity index (χ2n) is 7.09. The second kappa shape index (κ2) is 8.31. The van der Waals surface area contributed by atoms with Gasteiger partial charge in [-0.05, 0) is 29.2 Å². The van der Waals surface area contributed by atoms with Crippen LogP contribution >= 0.6 is 11.8 Å². The highest BCUT2D eigenvalue weighted by Gasteiger charge is 2.42. The van der Waals surface area contributed by atoms with Gasteiger partial charge < -0.3 is 10.1 Å². The number of nitrogens with one attached hydrogen (secondary N) is 1. The summed E-state index contributed by atoms with van der Waals surface area (Å²) in [7, 11) is 0. The molecule has 2 saturated heterocycles. The number of rotatable bonds is 6. The summed E-state index contributed by atoms with van der Waals surface area (Å²) in [4.78, 5) is 26.2. The van der Waals surface area contributed by atoms with Crippen LogP contribution in [0, 0.1) is 5.92 Å². The van der Waals surface area contributed by atoms with Crippen molar-refractivity contribution in [1.29, 1.82) is 0 Å². The number of urea groups is 1. The zero-order valence-corrected chi connectivity index (χ0v) is 16.0. The normalized spacial score (nSPS) is 23.0. The number of amides is 3. The molecule has 3 amide bonds. The lowest BCUT2D eigenvalue weighted by Crippen LogP contribution is -2.41. The molecule has 4 rings (SSSR count). The Morgan fingerprint density at radius 3 is 2.85 bits per heavy atom. The summed E-state index contributed by atoms with van der Waals surface area (Å²) in [6.45, 7) is 1.75. The number of nitrogens with zero attached hydrogens (tertiary/aromatic N) is 1. The SMILES string of the molecule is O=C1NC(C2CCCOC2)C(=O)N1CCSCc1cccc2ccccc12. The zero-order chi connectivity index (χ0) is 18.6. The van der Waals surface area contributed by atoms with E-state index >= 15 is 0 Å². The number of hydrogen-bond donors (Lipinski definition) is 1. The van der Waals surface area contributed by atoms with E-state index in [1.54, 1.807) is 11.8 Å². The van der Waals surface area contributed by atoms with E-state index in [-0.39, 0.29) is 17.9 Å². The summed E-state index contributed by atoms with van der Waals surface area (Å²) in [5, 5.41) is 5.36. The number of carbonyl (C=O) groups excluding carboxylic acids is 2. The van der Waals surface area contributed by atoms with Gasteiger partial charge in [-0.25, -0.2) is 4.79 Å². The van der Waals surface area contributed by atoms with Crippen molar-refractivity contribution in [2.24, 2.45) is 5.92 Å². The van der Waals surface area contributed by atoms with Crippen LogP contribution in [0.5, 0.6) is 0 Å². The average Bonchev–Trinajstić information content (AvgIpc) is 3.00. The van der Waals surface area contributed by atoms with Gasteiger partial charge in [0.1, 0.15) is 6.04 Å². The first-order valence-electron chi connectivity index (χ1n) is 9.48. The highest BCUT2D eigenvalue weighted by molar-refractivity contribution is 7.98. The molecule has 5 nitrogen and oxygen atoms in total. The lowest BCUT2D eigenvalue weighted by molar-refractivity contribution is -0.129. The quantitative estimate of drug-likeness (QED) is 0.612. The Labute approximate surface area is 163 Å². The highest BCUT2D eigenvalue weighted by Crippen LogP contribution is 2.25. The Morgan fingerprint density at radius 1 is 1.15 bits per heavy atom. The second-order valence-corrected chi connectivity index (χ2v) is 8.19. The molecule has 6 heteroatoms. The van der Waals surface area contributed by atoms with Crippen molar-refractivity contribution >= 4 is 34.5 Å². The first kappa shape index (κ1) is 18.3. The van der Waals surface area contributed by atoms with Gasteiger partial charge >= 0.3 is 6.03 Å². The van der Waals surface area contributed by atoms with Gasteiger partial charge in [0.25, 0.3) is 5.91 Å². The van der Waals surface area contributed by atoms with E-state index in [0.29, 0.717) is 13.2 Å². The van der Waals surface area contributed by atoms with E-state index in [4.69, 9.17) is 4.74 Å². The van der Waals surface area contributed by atoms with Crippen LogP contribution in [0.25, 0.3) is 10.8 Å². The summed E-state index contributed by atoms with van der Waals surface area (Å²) < 4.78 is 5.47. The molecule has 27 heavy (non-hydrogen) atoms. The number of ether oxygens (including phenoxy) is 1. The number of benzene rings is 2. The van der Waals surface area contributed by atoms with Crippen molar-refractivity contribution in [2.45, 2.75) is 24.6 Å². The zero-order valence-electron chi connectivity index (χ0n) is 15.2. The Balaban J connectivity index is 1.31. The van der Waals surface area contributed by atoms with Crippen LogP contribution in [-0.4, -0.2) is 48.4 Å². The minimum atomic E-state index is -0.416. The van der Waals surface area contributed by atoms with Crippen molar-refractivity contribution in [3.63, 3.8) is 0 Å². The third-order valence-electron chi connectivity index (χ3n) is 5.32. The van der Waals surface area contributed by atoms with Crippen molar-refractivity contribution in [3.05, 3.63) is 48.0 Å². The van der Waals surface area contributed by atoms with Gasteiger partial charge in [-0.3, -0.25) is 9.69 Å². The lowest BCUT2D eigenvalue weighted by atomic mass is 9.94. The predicted molar refractivity (Wildman–Crippen MR) is 108 cm³/mol. The number of imide groups is 1. The average molecular weight is 385 g/mol. The molecule has 2 atom stereocenters. The van der Waals surface area contributed by atoms with E-state index in [9.17, 15) is 9.59 Å².